The van der Waals surface area contributed by atoms with Gasteiger partial charge in [0.25, 0.3) is 0 Å². The summed E-state index contributed by atoms with van der Waals surface area (Å²) in [6.45, 7) is 0.846. The lowest BCUT2D eigenvalue weighted by atomic mass is 9.80. The second kappa shape index (κ2) is 5.87. The maximum Gasteiger partial charge on any atom is 0.132 e. The van der Waals surface area contributed by atoms with E-state index in [0.29, 0.717) is 23.7 Å². The molecule has 2 aliphatic rings. The zero-order valence-corrected chi connectivity index (χ0v) is 11.4. The van der Waals surface area contributed by atoms with Crippen molar-refractivity contribution >= 4 is 5.78 Å². The lowest BCUT2D eigenvalue weighted by Crippen LogP contribution is -2.33. The Morgan fingerprint density at radius 3 is 2.32 bits per heavy atom. The number of ketones is 1. The van der Waals surface area contributed by atoms with Crippen molar-refractivity contribution in [3.8, 4) is 0 Å². The fraction of sp³-hybridized carbons (Fsp3) is 0.588. The molecule has 2 unspecified atom stereocenters. The van der Waals surface area contributed by atoms with Gasteiger partial charge < -0.3 is 4.74 Å². The summed E-state index contributed by atoms with van der Waals surface area (Å²) < 4.78 is 6.11. The quantitative estimate of drug-likeness (QED) is 0.808. The van der Waals surface area contributed by atoms with Gasteiger partial charge in [0.2, 0.25) is 0 Å². The van der Waals surface area contributed by atoms with Gasteiger partial charge in [-0.25, -0.2) is 0 Å². The van der Waals surface area contributed by atoms with Crippen LogP contribution in [0.4, 0.5) is 0 Å². The molecule has 0 bridgehead atoms. The Hall–Kier alpha value is -1.15. The van der Waals surface area contributed by atoms with Gasteiger partial charge in [0.15, 0.2) is 0 Å². The van der Waals surface area contributed by atoms with E-state index in [-0.39, 0.29) is 0 Å². The zero-order valence-electron chi connectivity index (χ0n) is 11.4. The smallest absolute Gasteiger partial charge is 0.132 e. The molecule has 0 N–H and O–H groups in total. The number of Topliss-reactive ketones (excluding diaryl/α,β-unsaturated/α-hetero) is 1. The van der Waals surface area contributed by atoms with E-state index in [0.717, 1.165) is 38.7 Å². The summed E-state index contributed by atoms with van der Waals surface area (Å²) >= 11 is 0. The SMILES string of the molecule is O=C1CCC(C2CCC(c3ccccc3)CO2)CC1. The van der Waals surface area contributed by atoms with Crippen LogP contribution in [0.2, 0.25) is 0 Å². The summed E-state index contributed by atoms with van der Waals surface area (Å²) in [6.07, 6.45) is 6.39. The van der Waals surface area contributed by atoms with E-state index >= 15 is 0 Å². The molecule has 3 rings (SSSR count). The number of ether oxygens (including phenoxy) is 1. The van der Waals surface area contributed by atoms with Crippen molar-refractivity contribution in [2.24, 2.45) is 5.92 Å². The summed E-state index contributed by atoms with van der Waals surface area (Å²) in [7, 11) is 0. The third-order valence-electron chi connectivity index (χ3n) is 4.70. The standard InChI is InChI=1S/C17H22O2/c18-16-9-6-14(7-10-16)17-11-8-15(12-19-17)13-4-2-1-3-5-13/h1-5,14-15,17H,6-12H2. The molecule has 1 aromatic rings. The van der Waals surface area contributed by atoms with Crippen LogP contribution in [0.5, 0.6) is 0 Å². The largest absolute Gasteiger partial charge is 0.377 e. The minimum absolute atomic E-state index is 0.396. The van der Waals surface area contributed by atoms with E-state index < -0.39 is 0 Å². The van der Waals surface area contributed by atoms with Crippen molar-refractivity contribution in [3.63, 3.8) is 0 Å². The van der Waals surface area contributed by atoms with Crippen molar-refractivity contribution in [1.29, 1.82) is 0 Å². The third-order valence-corrected chi connectivity index (χ3v) is 4.70. The van der Waals surface area contributed by atoms with Gasteiger partial charge in [0.1, 0.15) is 5.78 Å². The molecule has 0 amide bonds. The van der Waals surface area contributed by atoms with Crippen LogP contribution in [0.25, 0.3) is 0 Å². The maximum absolute atomic E-state index is 11.3. The van der Waals surface area contributed by atoms with Crippen LogP contribution >= 0.6 is 0 Å². The predicted molar refractivity (Wildman–Crippen MR) is 75.1 cm³/mol. The molecular formula is C17H22O2. The van der Waals surface area contributed by atoms with Gasteiger partial charge in [0, 0.05) is 18.8 Å². The lowest BCUT2D eigenvalue weighted by molar-refractivity contribution is -0.122. The zero-order chi connectivity index (χ0) is 13.1. The second-order valence-corrected chi connectivity index (χ2v) is 5.93. The van der Waals surface area contributed by atoms with Crippen LogP contribution in [-0.2, 0) is 9.53 Å². The summed E-state index contributed by atoms with van der Waals surface area (Å²) in [4.78, 5) is 11.3. The molecular weight excluding hydrogens is 236 g/mol. The lowest BCUT2D eigenvalue weighted by Gasteiger charge is -2.35. The van der Waals surface area contributed by atoms with Crippen LogP contribution in [-0.4, -0.2) is 18.5 Å². The van der Waals surface area contributed by atoms with Gasteiger partial charge in [0.05, 0.1) is 12.7 Å². The Balaban J connectivity index is 1.53. The molecule has 2 nitrogen and oxygen atoms in total. The summed E-state index contributed by atoms with van der Waals surface area (Å²) in [5.74, 6) is 1.62. The first-order chi connectivity index (χ1) is 9.33. The van der Waals surface area contributed by atoms with Crippen LogP contribution in [0.3, 0.4) is 0 Å². The molecule has 1 saturated heterocycles. The highest BCUT2D eigenvalue weighted by Gasteiger charge is 2.31. The first kappa shape index (κ1) is 12.9. The van der Waals surface area contributed by atoms with Gasteiger partial charge in [-0.2, -0.15) is 0 Å². The minimum Gasteiger partial charge on any atom is -0.377 e. The van der Waals surface area contributed by atoms with Crippen LogP contribution in [0.1, 0.15) is 50.0 Å². The Kier molecular flexibility index (Phi) is 3.97. The number of carbonyl (C=O) groups is 1. The van der Waals surface area contributed by atoms with E-state index in [1.807, 2.05) is 0 Å². The molecule has 1 heterocycles. The first-order valence-corrected chi connectivity index (χ1v) is 7.51. The van der Waals surface area contributed by atoms with Crippen molar-refractivity contribution in [1.82, 2.24) is 0 Å². The van der Waals surface area contributed by atoms with Crippen molar-refractivity contribution in [2.75, 3.05) is 6.61 Å². The van der Waals surface area contributed by atoms with E-state index in [1.54, 1.807) is 0 Å². The number of carbonyl (C=O) groups excluding carboxylic acids is 1. The first-order valence-electron chi connectivity index (χ1n) is 7.51. The number of rotatable bonds is 2. The highest BCUT2D eigenvalue weighted by Crippen LogP contribution is 2.35. The molecule has 1 aliphatic heterocycles. The molecule has 102 valence electrons. The molecule has 19 heavy (non-hydrogen) atoms. The number of hydrogen-bond acceptors (Lipinski definition) is 2. The second-order valence-electron chi connectivity index (χ2n) is 5.93. The average molecular weight is 258 g/mol. The van der Waals surface area contributed by atoms with Crippen molar-refractivity contribution in [2.45, 2.75) is 50.5 Å². The normalized spacial score (nSPS) is 29.4. The molecule has 2 heteroatoms. The maximum atomic E-state index is 11.3. The molecule has 0 radical (unpaired) electrons. The van der Waals surface area contributed by atoms with Crippen molar-refractivity contribution < 1.29 is 9.53 Å². The molecule has 1 aliphatic carbocycles. The molecule has 0 aromatic heterocycles. The molecule has 0 spiro atoms. The van der Waals surface area contributed by atoms with E-state index in [4.69, 9.17) is 4.74 Å². The van der Waals surface area contributed by atoms with Gasteiger partial charge in [-0.3, -0.25) is 4.79 Å². The molecule has 2 atom stereocenters. The highest BCUT2D eigenvalue weighted by molar-refractivity contribution is 5.79. The Bertz CT molecular complexity index is 408. The topological polar surface area (TPSA) is 26.3 Å². The van der Waals surface area contributed by atoms with E-state index in [1.165, 1.54) is 12.0 Å². The molecule has 1 saturated carbocycles. The fourth-order valence-electron chi connectivity index (χ4n) is 3.47. The van der Waals surface area contributed by atoms with Crippen LogP contribution < -0.4 is 0 Å². The Morgan fingerprint density at radius 1 is 0.947 bits per heavy atom. The van der Waals surface area contributed by atoms with Crippen LogP contribution in [0.15, 0.2) is 30.3 Å². The minimum atomic E-state index is 0.396. The van der Waals surface area contributed by atoms with Gasteiger partial charge in [-0.15, -0.1) is 0 Å². The Labute approximate surface area is 115 Å². The predicted octanol–water partition coefficient (Wildman–Crippen LogP) is 3.71. The van der Waals surface area contributed by atoms with Gasteiger partial charge >= 0.3 is 0 Å². The molecule has 1 aromatic carbocycles. The highest BCUT2D eigenvalue weighted by atomic mass is 16.5. The average Bonchev–Trinajstić information content (AvgIpc) is 2.49. The fourth-order valence-corrected chi connectivity index (χ4v) is 3.47. The van der Waals surface area contributed by atoms with E-state index in [9.17, 15) is 4.79 Å². The Morgan fingerprint density at radius 2 is 1.68 bits per heavy atom. The van der Waals surface area contributed by atoms with Crippen molar-refractivity contribution in [3.05, 3.63) is 35.9 Å². The number of hydrogen-bond donors (Lipinski definition) is 0. The monoisotopic (exact) mass is 258 g/mol. The van der Waals surface area contributed by atoms with Gasteiger partial charge in [-0.05, 0) is 37.2 Å². The summed E-state index contributed by atoms with van der Waals surface area (Å²) in [5.41, 5.74) is 1.40. The molecule has 2 fully saturated rings. The summed E-state index contributed by atoms with van der Waals surface area (Å²) in [5, 5.41) is 0. The number of benzene rings is 1. The van der Waals surface area contributed by atoms with Gasteiger partial charge in [-0.1, -0.05) is 30.3 Å². The van der Waals surface area contributed by atoms with Crippen LogP contribution in [0, 0.1) is 5.92 Å². The third kappa shape index (κ3) is 3.06. The summed E-state index contributed by atoms with van der Waals surface area (Å²) in [6, 6.07) is 10.7. The van der Waals surface area contributed by atoms with E-state index in [2.05, 4.69) is 30.3 Å².